The Hall–Kier alpha value is -1.47. The van der Waals surface area contributed by atoms with Gasteiger partial charge in [0.25, 0.3) is 0 Å². The van der Waals surface area contributed by atoms with E-state index in [-0.39, 0.29) is 12.5 Å². The second-order valence-electron chi connectivity index (χ2n) is 4.23. The molecule has 0 saturated carbocycles. The number of carbonyl (C=O) groups excluding carboxylic acids is 1. The van der Waals surface area contributed by atoms with Gasteiger partial charge in [-0.25, -0.2) is 8.42 Å². The van der Waals surface area contributed by atoms with E-state index < -0.39 is 10.0 Å². The van der Waals surface area contributed by atoms with Crippen LogP contribution in [0.3, 0.4) is 0 Å². The summed E-state index contributed by atoms with van der Waals surface area (Å²) < 4.78 is 24.1. The highest BCUT2D eigenvalue weighted by atomic mass is 32.2. The Labute approximate surface area is 113 Å². The van der Waals surface area contributed by atoms with Gasteiger partial charge in [0.1, 0.15) is 0 Å². The molecule has 6 nitrogen and oxygen atoms in total. The van der Waals surface area contributed by atoms with E-state index in [1.165, 1.54) is 4.31 Å². The lowest BCUT2D eigenvalue weighted by molar-refractivity contribution is -0.121. The van der Waals surface area contributed by atoms with E-state index in [0.29, 0.717) is 19.5 Å². The van der Waals surface area contributed by atoms with Gasteiger partial charge in [-0.3, -0.25) is 9.78 Å². The minimum absolute atomic E-state index is 0.146. The Morgan fingerprint density at radius 3 is 2.74 bits per heavy atom. The molecule has 0 aliphatic heterocycles. The zero-order valence-corrected chi connectivity index (χ0v) is 12.0. The second-order valence-corrected chi connectivity index (χ2v) is 6.22. The largest absolute Gasteiger partial charge is 0.351 e. The van der Waals surface area contributed by atoms with Crippen molar-refractivity contribution in [3.05, 3.63) is 30.1 Å². The van der Waals surface area contributed by atoms with Crippen molar-refractivity contribution in [1.82, 2.24) is 14.6 Å². The van der Waals surface area contributed by atoms with Gasteiger partial charge in [0.05, 0.1) is 12.8 Å². The summed E-state index contributed by atoms with van der Waals surface area (Å²) in [5.41, 5.74) is 0.872. The zero-order chi connectivity index (χ0) is 14.3. The molecule has 0 saturated heterocycles. The monoisotopic (exact) mass is 285 g/mol. The number of aromatic nitrogens is 1. The van der Waals surface area contributed by atoms with Crippen molar-refractivity contribution in [3.8, 4) is 0 Å². The first kappa shape index (κ1) is 15.6. The number of carbonyl (C=O) groups is 1. The average Bonchev–Trinajstić information content (AvgIpc) is 2.36. The summed E-state index contributed by atoms with van der Waals surface area (Å²) in [6.45, 7) is 2.41. The summed E-state index contributed by atoms with van der Waals surface area (Å²) in [5.74, 6) is -0.317. The van der Waals surface area contributed by atoms with E-state index in [2.05, 4.69) is 10.3 Å². The van der Waals surface area contributed by atoms with Crippen LogP contribution in [0.25, 0.3) is 0 Å². The third-order valence-corrected chi connectivity index (χ3v) is 3.72. The minimum atomic E-state index is -3.34. The first-order chi connectivity index (χ1) is 8.93. The van der Waals surface area contributed by atoms with Crippen LogP contribution in [0.4, 0.5) is 0 Å². The molecule has 1 aromatic rings. The fourth-order valence-corrected chi connectivity index (χ4v) is 2.40. The van der Waals surface area contributed by atoms with E-state index in [1.54, 1.807) is 18.5 Å². The molecule has 0 aliphatic rings. The summed E-state index contributed by atoms with van der Waals surface area (Å²) in [4.78, 5) is 15.6. The van der Waals surface area contributed by atoms with Crippen LogP contribution in [0.1, 0.15) is 18.9 Å². The molecule has 1 N–H and O–H groups in total. The third kappa shape index (κ3) is 5.80. The van der Waals surface area contributed by atoms with Gasteiger partial charge < -0.3 is 5.32 Å². The van der Waals surface area contributed by atoms with Gasteiger partial charge in [0, 0.05) is 25.5 Å². The lowest BCUT2D eigenvalue weighted by atomic mass is 10.3. The van der Waals surface area contributed by atoms with Gasteiger partial charge in [0.2, 0.25) is 15.9 Å². The Bertz CT molecular complexity index is 502. The molecule has 1 heterocycles. The molecule has 0 spiro atoms. The summed E-state index contributed by atoms with van der Waals surface area (Å²) in [7, 11) is -3.34. The lowest BCUT2D eigenvalue weighted by Crippen LogP contribution is -2.40. The third-order valence-electron chi connectivity index (χ3n) is 2.47. The molecule has 1 rings (SSSR count). The molecule has 19 heavy (non-hydrogen) atoms. The number of pyridine rings is 1. The molecule has 0 aromatic carbocycles. The molecule has 0 bridgehead atoms. The first-order valence-corrected chi connectivity index (χ1v) is 7.89. The van der Waals surface area contributed by atoms with Crippen molar-refractivity contribution in [2.75, 3.05) is 19.3 Å². The molecular weight excluding hydrogens is 266 g/mol. The fourth-order valence-electron chi connectivity index (χ4n) is 1.53. The van der Waals surface area contributed by atoms with Crippen LogP contribution in [0.15, 0.2) is 24.5 Å². The SMILES string of the molecule is CCCN(CC(=O)NCc1cccnc1)S(C)(=O)=O. The van der Waals surface area contributed by atoms with Crippen LogP contribution in [0.5, 0.6) is 0 Å². The smallest absolute Gasteiger partial charge is 0.235 e. The maximum Gasteiger partial charge on any atom is 0.235 e. The quantitative estimate of drug-likeness (QED) is 0.785. The number of nitrogens with zero attached hydrogens (tertiary/aromatic N) is 2. The summed E-state index contributed by atoms with van der Waals surface area (Å²) in [5, 5.41) is 2.67. The van der Waals surface area contributed by atoms with Crippen molar-refractivity contribution in [2.45, 2.75) is 19.9 Å². The number of amides is 1. The molecule has 0 radical (unpaired) electrons. The summed E-state index contributed by atoms with van der Waals surface area (Å²) in [6, 6.07) is 3.62. The van der Waals surface area contributed by atoms with Gasteiger partial charge in [-0.2, -0.15) is 4.31 Å². The summed E-state index contributed by atoms with van der Waals surface area (Å²) in [6.07, 6.45) is 5.08. The molecular formula is C12H19N3O3S. The van der Waals surface area contributed by atoms with E-state index in [4.69, 9.17) is 0 Å². The second kappa shape index (κ2) is 7.20. The number of hydrogen-bond acceptors (Lipinski definition) is 4. The average molecular weight is 285 g/mol. The van der Waals surface area contributed by atoms with Crippen LogP contribution in [-0.4, -0.2) is 43.0 Å². The van der Waals surface area contributed by atoms with Crippen LogP contribution in [0.2, 0.25) is 0 Å². The fraction of sp³-hybridized carbons (Fsp3) is 0.500. The molecule has 0 fully saturated rings. The number of sulfonamides is 1. The topological polar surface area (TPSA) is 79.4 Å². The van der Waals surface area contributed by atoms with Crippen LogP contribution < -0.4 is 5.32 Å². The number of nitrogens with one attached hydrogen (secondary N) is 1. The van der Waals surface area contributed by atoms with E-state index in [1.807, 2.05) is 13.0 Å². The molecule has 0 aliphatic carbocycles. The van der Waals surface area contributed by atoms with Gasteiger partial charge in [-0.05, 0) is 18.1 Å². The maximum atomic E-state index is 11.7. The minimum Gasteiger partial charge on any atom is -0.351 e. The van der Waals surface area contributed by atoms with Crippen LogP contribution in [-0.2, 0) is 21.4 Å². The van der Waals surface area contributed by atoms with Crippen molar-refractivity contribution in [3.63, 3.8) is 0 Å². The predicted molar refractivity (Wildman–Crippen MR) is 72.8 cm³/mol. The Morgan fingerprint density at radius 1 is 1.47 bits per heavy atom. The highest BCUT2D eigenvalue weighted by molar-refractivity contribution is 7.88. The Morgan fingerprint density at radius 2 is 2.21 bits per heavy atom. The van der Waals surface area contributed by atoms with Crippen LogP contribution >= 0.6 is 0 Å². The number of hydrogen-bond donors (Lipinski definition) is 1. The first-order valence-electron chi connectivity index (χ1n) is 6.04. The molecule has 1 aromatic heterocycles. The van der Waals surface area contributed by atoms with Crippen molar-refractivity contribution in [2.24, 2.45) is 0 Å². The van der Waals surface area contributed by atoms with Crippen molar-refractivity contribution in [1.29, 1.82) is 0 Å². The lowest BCUT2D eigenvalue weighted by Gasteiger charge is -2.18. The maximum absolute atomic E-state index is 11.7. The van der Waals surface area contributed by atoms with Gasteiger partial charge in [-0.15, -0.1) is 0 Å². The molecule has 106 valence electrons. The molecule has 0 unspecified atom stereocenters. The van der Waals surface area contributed by atoms with E-state index >= 15 is 0 Å². The Kier molecular flexibility index (Phi) is 5.91. The predicted octanol–water partition coefficient (Wildman–Crippen LogP) is 0.369. The van der Waals surface area contributed by atoms with E-state index in [0.717, 1.165) is 11.8 Å². The summed E-state index contributed by atoms with van der Waals surface area (Å²) >= 11 is 0. The zero-order valence-electron chi connectivity index (χ0n) is 11.2. The number of rotatable bonds is 7. The van der Waals surface area contributed by atoms with Gasteiger partial charge >= 0.3 is 0 Å². The standard InChI is InChI=1S/C12H19N3O3S/c1-3-7-15(19(2,17)18)10-12(16)14-9-11-5-4-6-13-8-11/h4-6,8H,3,7,9-10H2,1-2H3,(H,14,16). The van der Waals surface area contributed by atoms with Gasteiger partial charge in [-0.1, -0.05) is 13.0 Å². The highest BCUT2D eigenvalue weighted by Gasteiger charge is 2.18. The molecule has 7 heteroatoms. The van der Waals surface area contributed by atoms with Crippen LogP contribution in [0, 0.1) is 0 Å². The van der Waals surface area contributed by atoms with E-state index in [9.17, 15) is 13.2 Å². The van der Waals surface area contributed by atoms with Crippen molar-refractivity contribution >= 4 is 15.9 Å². The molecule has 1 amide bonds. The normalized spacial score (nSPS) is 11.5. The van der Waals surface area contributed by atoms with Gasteiger partial charge in [0.15, 0.2) is 0 Å². The van der Waals surface area contributed by atoms with Crippen molar-refractivity contribution < 1.29 is 13.2 Å². The Balaban J connectivity index is 2.50. The molecule has 0 atom stereocenters. The highest BCUT2D eigenvalue weighted by Crippen LogP contribution is 2.00.